The van der Waals surface area contributed by atoms with E-state index >= 15 is 0 Å². The van der Waals surface area contributed by atoms with Crippen molar-refractivity contribution in [3.63, 3.8) is 0 Å². The highest BCUT2D eigenvalue weighted by Crippen LogP contribution is 2.40. The quantitative estimate of drug-likeness (QED) is 0.0995. The summed E-state index contributed by atoms with van der Waals surface area (Å²) in [5, 5.41) is 25.0. The number of benzene rings is 5. The van der Waals surface area contributed by atoms with Gasteiger partial charge in [-0.3, -0.25) is 0 Å². The van der Waals surface area contributed by atoms with E-state index in [0.717, 1.165) is 38.9 Å². The Kier molecular flexibility index (Phi) is 11.4. The second kappa shape index (κ2) is 16.5. The Morgan fingerprint density at radius 2 is 1.37 bits per heavy atom. The number of aliphatic hydroxyl groups excluding tert-OH is 1. The molecule has 3 unspecified atom stereocenters. The fourth-order valence-corrected chi connectivity index (χ4v) is 6.76. The third-order valence-corrected chi connectivity index (χ3v) is 9.55. The first-order chi connectivity index (χ1) is 23.9. The summed E-state index contributed by atoms with van der Waals surface area (Å²) in [6.07, 6.45) is -0.488. The Morgan fingerprint density at radius 3 is 2.10 bits per heavy atom. The van der Waals surface area contributed by atoms with Gasteiger partial charge in [0.15, 0.2) is 6.29 Å². The van der Waals surface area contributed by atoms with Crippen LogP contribution in [0.4, 0.5) is 4.79 Å². The van der Waals surface area contributed by atoms with Gasteiger partial charge in [0.25, 0.3) is 0 Å². The van der Waals surface area contributed by atoms with E-state index in [-0.39, 0.29) is 30.4 Å². The Hall–Kier alpha value is -4.93. The molecule has 6 rings (SSSR count). The maximum atomic E-state index is 12.4. The molecule has 49 heavy (non-hydrogen) atoms. The van der Waals surface area contributed by atoms with Crippen molar-refractivity contribution in [1.29, 1.82) is 0 Å². The Balaban J connectivity index is 1.13. The first kappa shape index (κ1) is 34.0. The number of carboxylic acid groups (broad SMARTS) is 1. The number of urea groups is 1. The number of rotatable bonds is 12. The molecule has 0 spiro atoms. The van der Waals surface area contributed by atoms with Crippen LogP contribution in [0.15, 0.2) is 132 Å². The van der Waals surface area contributed by atoms with Gasteiger partial charge in [-0.25, -0.2) is 9.59 Å². The smallest absolute Gasteiger partial charge is 0.336 e. The minimum atomic E-state index is -0.957. The molecule has 5 aromatic rings. The summed E-state index contributed by atoms with van der Waals surface area (Å²) in [4.78, 5) is 24.8. The van der Waals surface area contributed by atoms with Gasteiger partial charge < -0.3 is 30.3 Å². The van der Waals surface area contributed by atoms with Gasteiger partial charge in [-0.1, -0.05) is 109 Å². The molecule has 0 radical (unpaired) electrons. The average molecular weight is 675 g/mol. The van der Waals surface area contributed by atoms with Crippen LogP contribution in [0.5, 0.6) is 0 Å². The summed E-state index contributed by atoms with van der Waals surface area (Å²) < 4.78 is 13.0. The lowest BCUT2D eigenvalue weighted by Gasteiger charge is -2.36. The predicted octanol–water partition coefficient (Wildman–Crippen LogP) is 7.88. The van der Waals surface area contributed by atoms with Gasteiger partial charge in [0.05, 0.1) is 24.4 Å². The molecule has 250 valence electrons. The number of aliphatic hydroxyl groups is 1. The largest absolute Gasteiger partial charge is 0.478 e. The molecule has 8 nitrogen and oxygen atoms in total. The van der Waals surface area contributed by atoms with E-state index in [1.807, 2.05) is 109 Å². The SMILES string of the molecule is O=C(NCc1ccccc1)NCc1cccc(-c2ccc(C3OC(CSc4ccccc4C(=O)O)CC(c4ccc(CO)cc4)O3)cc2)c1. The van der Waals surface area contributed by atoms with Crippen LogP contribution >= 0.6 is 11.8 Å². The number of carbonyl (C=O) groups excluding carboxylic acids is 1. The number of hydrogen-bond donors (Lipinski definition) is 4. The van der Waals surface area contributed by atoms with E-state index < -0.39 is 12.3 Å². The van der Waals surface area contributed by atoms with E-state index in [2.05, 4.69) is 16.7 Å². The van der Waals surface area contributed by atoms with Gasteiger partial charge >= 0.3 is 12.0 Å². The van der Waals surface area contributed by atoms with Gasteiger partial charge in [0.2, 0.25) is 0 Å². The van der Waals surface area contributed by atoms with Crippen molar-refractivity contribution < 1.29 is 29.3 Å². The third-order valence-electron chi connectivity index (χ3n) is 8.35. The maximum absolute atomic E-state index is 12.4. The summed E-state index contributed by atoms with van der Waals surface area (Å²) in [6, 6.07) is 40.4. The summed E-state index contributed by atoms with van der Waals surface area (Å²) in [6.45, 7) is 0.825. The number of amides is 2. The topological polar surface area (TPSA) is 117 Å². The van der Waals surface area contributed by atoms with Crippen LogP contribution in [0.2, 0.25) is 0 Å². The fraction of sp³-hybridized carbons (Fsp3) is 0.200. The minimum Gasteiger partial charge on any atom is -0.478 e. The van der Waals surface area contributed by atoms with Crippen molar-refractivity contribution in [3.8, 4) is 11.1 Å². The number of ether oxygens (including phenoxy) is 2. The van der Waals surface area contributed by atoms with Crippen LogP contribution in [-0.2, 0) is 29.2 Å². The van der Waals surface area contributed by atoms with Gasteiger partial charge in [-0.05, 0) is 51.6 Å². The summed E-state index contributed by atoms with van der Waals surface area (Å²) in [5.41, 5.74) is 7.01. The zero-order valence-electron chi connectivity index (χ0n) is 26.8. The van der Waals surface area contributed by atoms with Gasteiger partial charge in [-0.2, -0.15) is 0 Å². The zero-order valence-corrected chi connectivity index (χ0v) is 27.6. The van der Waals surface area contributed by atoms with Crippen LogP contribution in [-0.4, -0.2) is 34.1 Å². The summed E-state index contributed by atoms with van der Waals surface area (Å²) >= 11 is 1.47. The molecule has 0 saturated carbocycles. The zero-order chi connectivity index (χ0) is 34.0. The van der Waals surface area contributed by atoms with Crippen molar-refractivity contribution in [2.75, 3.05) is 5.75 Å². The van der Waals surface area contributed by atoms with Crippen molar-refractivity contribution in [2.45, 2.75) is 49.5 Å². The van der Waals surface area contributed by atoms with Crippen molar-refractivity contribution in [2.24, 2.45) is 0 Å². The monoisotopic (exact) mass is 674 g/mol. The van der Waals surface area contributed by atoms with E-state index in [9.17, 15) is 19.8 Å². The lowest BCUT2D eigenvalue weighted by Crippen LogP contribution is -2.34. The third kappa shape index (κ3) is 9.16. The minimum absolute atomic E-state index is 0.0321. The molecule has 1 aliphatic rings. The molecule has 2 amide bonds. The molecule has 1 saturated heterocycles. The molecule has 9 heteroatoms. The lowest BCUT2D eigenvalue weighted by atomic mass is 9.99. The highest BCUT2D eigenvalue weighted by Gasteiger charge is 2.32. The van der Waals surface area contributed by atoms with E-state index in [4.69, 9.17) is 9.47 Å². The standard InChI is InChI=1S/C40H38N2O6S/c43-25-28-13-15-31(16-14-28)36-22-34(26-49-37-12-5-4-11-35(37)38(44)45)47-39(48-36)32-19-17-30(18-20-32)33-10-6-9-29(21-33)24-42-40(46)41-23-27-7-2-1-3-8-27/h1-21,34,36,39,43H,22-26H2,(H,44,45)(H2,41,42,46). The molecular formula is C40H38N2O6S. The molecule has 5 aromatic carbocycles. The lowest BCUT2D eigenvalue weighted by molar-refractivity contribution is -0.245. The highest BCUT2D eigenvalue weighted by atomic mass is 32.2. The number of carbonyl (C=O) groups is 2. The van der Waals surface area contributed by atoms with Crippen LogP contribution < -0.4 is 10.6 Å². The second-order valence-corrected chi connectivity index (χ2v) is 12.9. The Labute approximate surface area is 290 Å². The number of aromatic carboxylic acids is 1. The van der Waals surface area contributed by atoms with Crippen LogP contribution in [0.25, 0.3) is 11.1 Å². The van der Waals surface area contributed by atoms with Crippen molar-refractivity contribution in [1.82, 2.24) is 10.6 Å². The van der Waals surface area contributed by atoms with Gasteiger partial charge in [0.1, 0.15) is 0 Å². The number of carboxylic acids is 1. The maximum Gasteiger partial charge on any atom is 0.336 e. The van der Waals surface area contributed by atoms with E-state index in [1.165, 1.54) is 11.8 Å². The normalized spacial score (nSPS) is 17.3. The molecule has 0 bridgehead atoms. The second-order valence-electron chi connectivity index (χ2n) is 11.8. The van der Waals surface area contributed by atoms with Crippen LogP contribution in [0, 0.1) is 0 Å². The molecular weight excluding hydrogens is 637 g/mol. The summed E-state index contributed by atoms with van der Waals surface area (Å²) in [7, 11) is 0. The molecule has 1 aliphatic heterocycles. The number of hydrogen-bond acceptors (Lipinski definition) is 6. The summed E-state index contributed by atoms with van der Waals surface area (Å²) in [5.74, 6) is -0.402. The van der Waals surface area contributed by atoms with Crippen molar-refractivity contribution in [3.05, 3.63) is 161 Å². The highest BCUT2D eigenvalue weighted by molar-refractivity contribution is 7.99. The first-order valence-corrected chi connectivity index (χ1v) is 17.1. The van der Waals surface area contributed by atoms with Crippen molar-refractivity contribution >= 4 is 23.8 Å². The van der Waals surface area contributed by atoms with Gasteiger partial charge in [-0.15, -0.1) is 11.8 Å². The first-order valence-electron chi connectivity index (χ1n) is 16.2. The van der Waals surface area contributed by atoms with E-state index in [0.29, 0.717) is 30.2 Å². The Bertz CT molecular complexity index is 1850. The Morgan fingerprint density at radius 1 is 0.694 bits per heavy atom. The molecule has 3 atom stereocenters. The molecule has 1 heterocycles. The van der Waals surface area contributed by atoms with Crippen LogP contribution in [0.1, 0.15) is 57.0 Å². The van der Waals surface area contributed by atoms with E-state index in [1.54, 1.807) is 12.1 Å². The molecule has 0 aromatic heterocycles. The molecule has 0 aliphatic carbocycles. The average Bonchev–Trinajstić information content (AvgIpc) is 3.16. The number of thioether (sulfide) groups is 1. The van der Waals surface area contributed by atoms with Gasteiger partial charge in [0, 0.05) is 35.7 Å². The molecule has 4 N–H and O–H groups in total. The van der Waals surface area contributed by atoms with Crippen LogP contribution in [0.3, 0.4) is 0 Å². The predicted molar refractivity (Wildman–Crippen MR) is 190 cm³/mol. The number of nitrogens with one attached hydrogen (secondary N) is 2. The molecule has 1 fully saturated rings. The fourth-order valence-electron chi connectivity index (χ4n) is 5.69.